The number of ether oxygens (including phenoxy) is 2. The molecule has 2 aliphatic rings. The van der Waals surface area contributed by atoms with Crippen molar-refractivity contribution in [1.82, 2.24) is 10.5 Å². The molecule has 4 rings (SSSR count). The Hall–Kier alpha value is -2.18. The first-order valence-corrected chi connectivity index (χ1v) is 9.33. The molecule has 1 aliphatic carbocycles. The normalized spacial score (nSPS) is 22.6. The van der Waals surface area contributed by atoms with Gasteiger partial charge in [-0.25, -0.2) is 0 Å². The second-order valence-corrected chi connectivity index (χ2v) is 6.92. The van der Waals surface area contributed by atoms with Gasteiger partial charge in [-0.3, -0.25) is 4.79 Å². The van der Waals surface area contributed by atoms with E-state index in [4.69, 9.17) is 14.0 Å². The van der Waals surface area contributed by atoms with Gasteiger partial charge < -0.3 is 19.3 Å². The predicted molar refractivity (Wildman–Crippen MR) is 94.9 cm³/mol. The number of hydrogen-bond donors (Lipinski definition) is 1. The van der Waals surface area contributed by atoms with Crippen molar-refractivity contribution in [2.24, 2.45) is 0 Å². The fourth-order valence-electron chi connectivity index (χ4n) is 3.62. The van der Waals surface area contributed by atoms with Crippen molar-refractivity contribution in [1.29, 1.82) is 0 Å². The van der Waals surface area contributed by atoms with E-state index in [2.05, 4.69) is 10.5 Å². The molecule has 1 aromatic carbocycles. The highest BCUT2D eigenvalue weighted by Crippen LogP contribution is 2.24. The number of fused-ring (bicyclic) bond motifs is 1. The number of amides is 1. The van der Waals surface area contributed by atoms with Crippen molar-refractivity contribution in [3.05, 3.63) is 52.9 Å². The molecule has 0 saturated carbocycles. The monoisotopic (exact) mass is 356 g/mol. The van der Waals surface area contributed by atoms with E-state index < -0.39 is 0 Å². The van der Waals surface area contributed by atoms with Crippen LogP contribution in [-0.4, -0.2) is 36.4 Å². The van der Waals surface area contributed by atoms with E-state index in [9.17, 15) is 4.79 Å². The van der Waals surface area contributed by atoms with Crippen molar-refractivity contribution >= 4 is 5.91 Å². The van der Waals surface area contributed by atoms with Crippen LogP contribution >= 0.6 is 0 Å². The fourth-order valence-corrected chi connectivity index (χ4v) is 3.62. The summed E-state index contributed by atoms with van der Waals surface area (Å²) in [7, 11) is 0. The van der Waals surface area contributed by atoms with Crippen molar-refractivity contribution in [3.63, 3.8) is 0 Å². The summed E-state index contributed by atoms with van der Waals surface area (Å²) in [4.78, 5) is 12.7. The highest BCUT2D eigenvalue weighted by molar-refractivity contribution is 5.93. The van der Waals surface area contributed by atoms with Gasteiger partial charge in [-0.05, 0) is 37.7 Å². The zero-order valence-corrected chi connectivity index (χ0v) is 14.8. The third-order valence-corrected chi connectivity index (χ3v) is 5.09. The van der Waals surface area contributed by atoms with Crippen LogP contribution in [0, 0.1) is 0 Å². The van der Waals surface area contributed by atoms with Crippen LogP contribution in [0.15, 0.2) is 34.9 Å². The maximum absolute atomic E-state index is 12.7. The first-order valence-electron chi connectivity index (χ1n) is 9.33. The summed E-state index contributed by atoms with van der Waals surface area (Å²) >= 11 is 0. The molecule has 1 aromatic heterocycles. The Morgan fingerprint density at radius 2 is 2.08 bits per heavy atom. The molecular weight excluding hydrogens is 332 g/mol. The largest absolute Gasteiger partial charge is 0.379 e. The van der Waals surface area contributed by atoms with Crippen LogP contribution in [0.4, 0.5) is 0 Å². The second-order valence-electron chi connectivity index (χ2n) is 6.92. The van der Waals surface area contributed by atoms with Gasteiger partial charge in [0.25, 0.3) is 5.91 Å². The van der Waals surface area contributed by atoms with Crippen molar-refractivity contribution in [2.75, 3.05) is 13.2 Å². The predicted octanol–water partition coefficient (Wildman–Crippen LogP) is 2.66. The highest BCUT2D eigenvalue weighted by atomic mass is 16.5. The maximum Gasteiger partial charge on any atom is 0.290 e. The van der Waals surface area contributed by atoms with Crippen LogP contribution in [0.25, 0.3) is 0 Å². The van der Waals surface area contributed by atoms with Gasteiger partial charge in [0, 0.05) is 12.2 Å². The van der Waals surface area contributed by atoms with E-state index in [0.717, 1.165) is 48.9 Å². The standard InChI is InChI=1S/C20H24N2O4/c23-20(19-15-8-4-5-9-16(15)22-26-19)21-17-10-11-24-13-18(17)25-12-14-6-2-1-3-7-14/h1-3,6-7,17-18H,4-5,8-13H2,(H,21,23)/t17-,18-/m1/s1. The van der Waals surface area contributed by atoms with Gasteiger partial charge in [0.1, 0.15) is 6.10 Å². The molecule has 1 aliphatic heterocycles. The summed E-state index contributed by atoms with van der Waals surface area (Å²) in [6.45, 7) is 1.59. The Kier molecular flexibility index (Phi) is 5.32. The van der Waals surface area contributed by atoms with Crippen LogP contribution in [0.2, 0.25) is 0 Å². The lowest BCUT2D eigenvalue weighted by molar-refractivity contribution is -0.0737. The molecule has 6 heteroatoms. The zero-order valence-electron chi connectivity index (χ0n) is 14.8. The van der Waals surface area contributed by atoms with Gasteiger partial charge in [0.15, 0.2) is 0 Å². The Balaban J connectivity index is 1.40. The molecule has 2 heterocycles. The van der Waals surface area contributed by atoms with Gasteiger partial charge in [-0.2, -0.15) is 0 Å². The van der Waals surface area contributed by atoms with E-state index in [0.29, 0.717) is 25.6 Å². The van der Waals surface area contributed by atoms with Crippen LogP contribution in [-0.2, 0) is 28.9 Å². The van der Waals surface area contributed by atoms with Crippen molar-refractivity contribution < 1.29 is 18.8 Å². The topological polar surface area (TPSA) is 73.6 Å². The average molecular weight is 356 g/mol. The van der Waals surface area contributed by atoms with Crippen LogP contribution < -0.4 is 5.32 Å². The summed E-state index contributed by atoms with van der Waals surface area (Å²) in [6.07, 6.45) is 4.49. The lowest BCUT2D eigenvalue weighted by Gasteiger charge is -2.32. The SMILES string of the molecule is O=C(N[C@@H]1CCOC[C@H]1OCc1ccccc1)c1onc2c1CCCC2. The summed E-state index contributed by atoms with van der Waals surface area (Å²) in [5.74, 6) is 0.175. The van der Waals surface area contributed by atoms with Gasteiger partial charge in [0.05, 0.1) is 24.9 Å². The second kappa shape index (κ2) is 8.01. The van der Waals surface area contributed by atoms with Crippen LogP contribution in [0.5, 0.6) is 0 Å². The van der Waals surface area contributed by atoms with E-state index in [-0.39, 0.29) is 18.1 Å². The molecule has 0 bridgehead atoms. The molecule has 6 nitrogen and oxygen atoms in total. The zero-order chi connectivity index (χ0) is 17.8. The molecule has 138 valence electrons. The number of aryl methyl sites for hydroxylation is 1. The minimum Gasteiger partial charge on any atom is -0.379 e. The minimum atomic E-state index is -0.194. The molecule has 1 N–H and O–H groups in total. The molecule has 1 fully saturated rings. The van der Waals surface area contributed by atoms with E-state index in [1.807, 2.05) is 30.3 Å². The Labute approximate surface area is 152 Å². The Morgan fingerprint density at radius 1 is 1.23 bits per heavy atom. The van der Waals surface area contributed by atoms with Gasteiger partial charge in [-0.1, -0.05) is 35.5 Å². The van der Waals surface area contributed by atoms with E-state index in [1.165, 1.54) is 0 Å². The van der Waals surface area contributed by atoms with Crippen molar-refractivity contribution in [2.45, 2.75) is 50.9 Å². The number of benzene rings is 1. The maximum atomic E-state index is 12.7. The number of nitrogens with one attached hydrogen (secondary N) is 1. The number of carbonyl (C=O) groups excluding carboxylic acids is 1. The average Bonchev–Trinajstić information content (AvgIpc) is 3.12. The number of aromatic nitrogens is 1. The Bertz CT molecular complexity index is 744. The first-order chi connectivity index (χ1) is 12.8. The third-order valence-electron chi connectivity index (χ3n) is 5.09. The van der Waals surface area contributed by atoms with Crippen molar-refractivity contribution in [3.8, 4) is 0 Å². The Morgan fingerprint density at radius 3 is 2.96 bits per heavy atom. The van der Waals surface area contributed by atoms with Gasteiger partial charge >= 0.3 is 0 Å². The third kappa shape index (κ3) is 3.81. The summed E-state index contributed by atoms with van der Waals surface area (Å²) in [5.41, 5.74) is 3.01. The molecule has 2 aromatic rings. The van der Waals surface area contributed by atoms with E-state index in [1.54, 1.807) is 0 Å². The molecule has 1 saturated heterocycles. The number of carbonyl (C=O) groups is 1. The molecule has 1 amide bonds. The summed E-state index contributed by atoms with van der Waals surface area (Å²) in [6, 6.07) is 9.92. The fraction of sp³-hybridized carbons (Fsp3) is 0.500. The van der Waals surface area contributed by atoms with Crippen LogP contribution in [0.3, 0.4) is 0 Å². The lowest BCUT2D eigenvalue weighted by atomic mass is 9.95. The molecule has 0 spiro atoms. The number of hydrogen-bond acceptors (Lipinski definition) is 5. The van der Waals surface area contributed by atoms with Crippen LogP contribution in [0.1, 0.15) is 46.6 Å². The smallest absolute Gasteiger partial charge is 0.290 e. The quantitative estimate of drug-likeness (QED) is 0.892. The molecule has 0 unspecified atom stereocenters. The first kappa shape index (κ1) is 17.2. The number of nitrogens with zero attached hydrogens (tertiary/aromatic N) is 1. The molecule has 26 heavy (non-hydrogen) atoms. The van der Waals surface area contributed by atoms with Gasteiger partial charge in [-0.15, -0.1) is 0 Å². The van der Waals surface area contributed by atoms with E-state index >= 15 is 0 Å². The summed E-state index contributed by atoms with van der Waals surface area (Å²) < 4.78 is 16.9. The lowest BCUT2D eigenvalue weighted by Crippen LogP contribution is -2.50. The van der Waals surface area contributed by atoms with Gasteiger partial charge in [0.2, 0.25) is 5.76 Å². The molecule has 0 radical (unpaired) electrons. The highest BCUT2D eigenvalue weighted by Gasteiger charge is 2.31. The minimum absolute atomic E-state index is 0.0932. The summed E-state index contributed by atoms with van der Waals surface area (Å²) in [5, 5.41) is 7.15. The number of rotatable bonds is 5. The molecule has 2 atom stereocenters. The molecular formula is C20H24N2O4.